The number of aliphatic imine (C=N–C) groups is 1. The van der Waals surface area contributed by atoms with Gasteiger partial charge in [0, 0.05) is 46.3 Å². The van der Waals surface area contributed by atoms with Gasteiger partial charge in [-0.2, -0.15) is 0 Å². The number of carbonyl (C=O) groups excluding carboxylic acids is 1. The van der Waals surface area contributed by atoms with Crippen molar-refractivity contribution in [3.63, 3.8) is 0 Å². The molecule has 30 heavy (non-hydrogen) atoms. The van der Waals surface area contributed by atoms with Gasteiger partial charge in [0.05, 0.1) is 12.7 Å². The number of nitrogens with one attached hydrogen (secondary N) is 2. The number of guanidine groups is 1. The van der Waals surface area contributed by atoms with Gasteiger partial charge in [0.1, 0.15) is 6.54 Å². The van der Waals surface area contributed by atoms with Crippen LogP contribution in [-0.4, -0.2) is 87.2 Å². The summed E-state index contributed by atoms with van der Waals surface area (Å²) in [5, 5.41) is 7.10. The minimum absolute atomic E-state index is 0.0223. The van der Waals surface area contributed by atoms with Crippen LogP contribution < -0.4 is 10.6 Å². The molecule has 0 aliphatic carbocycles. The number of hydrogen-bond donors (Lipinski definition) is 2. The fourth-order valence-electron chi connectivity index (χ4n) is 3.54. The standard InChI is InChI=1S/C23H47N5O2/c1-7-9-10-20(8-2)17-24-23(25-18-22(29)27(5)6)26-21-11-13-28(14-12-21)15-16-30-19(3)4/h19-21H,7-18H2,1-6H3,(H2,24,25,26). The molecule has 1 unspecified atom stereocenters. The zero-order valence-electron chi connectivity index (χ0n) is 20.4. The highest BCUT2D eigenvalue weighted by atomic mass is 16.5. The molecule has 1 fully saturated rings. The predicted molar refractivity (Wildman–Crippen MR) is 126 cm³/mol. The lowest BCUT2D eigenvalue weighted by atomic mass is 9.99. The lowest BCUT2D eigenvalue weighted by Crippen LogP contribution is -2.50. The van der Waals surface area contributed by atoms with Crippen LogP contribution in [0.1, 0.15) is 66.2 Å². The van der Waals surface area contributed by atoms with E-state index < -0.39 is 0 Å². The monoisotopic (exact) mass is 425 g/mol. The molecule has 1 atom stereocenters. The molecule has 7 heteroatoms. The van der Waals surface area contributed by atoms with Crippen molar-refractivity contribution >= 4 is 11.9 Å². The first-order chi connectivity index (χ1) is 14.3. The van der Waals surface area contributed by atoms with Gasteiger partial charge in [-0.15, -0.1) is 0 Å². The quantitative estimate of drug-likeness (QED) is 0.351. The average molecular weight is 426 g/mol. The van der Waals surface area contributed by atoms with Gasteiger partial charge in [-0.05, 0) is 39.0 Å². The zero-order chi connectivity index (χ0) is 22.4. The fraction of sp³-hybridized carbons (Fsp3) is 0.913. The van der Waals surface area contributed by atoms with Crippen LogP contribution in [0.5, 0.6) is 0 Å². The molecule has 1 amide bonds. The number of nitrogens with zero attached hydrogens (tertiary/aromatic N) is 3. The molecule has 0 spiro atoms. The molecule has 0 aromatic carbocycles. The largest absolute Gasteiger partial charge is 0.377 e. The van der Waals surface area contributed by atoms with E-state index in [9.17, 15) is 4.79 Å². The molecule has 0 saturated carbocycles. The van der Waals surface area contributed by atoms with E-state index in [0.717, 1.165) is 58.0 Å². The zero-order valence-corrected chi connectivity index (χ0v) is 20.4. The molecule has 1 saturated heterocycles. The SMILES string of the molecule is CCCCC(CC)CNC(=NCC(=O)N(C)C)NC1CCN(CCOC(C)C)CC1. The molecule has 2 N–H and O–H groups in total. The molecular formula is C23H47N5O2. The van der Waals surface area contributed by atoms with Crippen molar-refractivity contribution in [3.8, 4) is 0 Å². The summed E-state index contributed by atoms with van der Waals surface area (Å²) in [6.07, 6.45) is 7.34. The Balaban J connectivity index is 2.54. The summed E-state index contributed by atoms with van der Waals surface area (Å²) in [5.74, 6) is 1.44. The Bertz CT molecular complexity index is 488. The summed E-state index contributed by atoms with van der Waals surface area (Å²) in [4.78, 5) is 20.7. The van der Waals surface area contributed by atoms with E-state index in [2.05, 4.69) is 48.2 Å². The Kier molecular flexibility index (Phi) is 13.8. The van der Waals surface area contributed by atoms with Crippen LogP contribution in [0.3, 0.4) is 0 Å². The summed E-state index contributed by atoms with van der Waals surface area (Å²) in [5.41, 5.74) is 0. The van der Waals surface area contributed by atoms with Gasteiger partial charge in [-0.1, -0.05) is 33.1 Å². The minimum Gasteiger partial charge on any atom is -0.377 e. The smallest absolute Gasteiger partial charge is 0.243 e. The van der Waals surface area contributed by atoms with Crippen LogP contribution in [0.15, 0.2) is 4.99 Å². The maximum atomic E-state index is 12.0. The van der Waals surface area contributed by atoms with Crippen molar-refractivity contribution in [1.29, 1.82) is 0 Å². The molecule has 1 aliphatic rings. The average Bonchev–Trinajstić information content (AvgIpc) is 2.72. The minimum atomic E-state index is 0.0223. The topological polar surface area (TPSA) is 69.2 Å². The van der Waals surface area contributed by atoms with Crippen molar-refractivity contribution < 1.29 is 9.53 Å². The number of likely N-dealkylation sites (tertiary alicyclic amines) is 1. The molecule has 0 aromatic rings. The highest BCUT2D eigenvalue weighted by molar-refractivity contribution is 5.84. The van der Waals surface area contributed by atoms with Gasteiger partial charge in [0.15, 0.2) is 5.96 Å². The molecule has 1 heterocycles. The van der Waals surface area contributed by atoms with Crippen LogP contribution >= 0.6 is 0 Å². The maximum Gasteiger partial charge on any atom is 0.243 e. The van der Waals surface area contributed by atoms with Gasteiger partial charge in [-0.25, -0.2) is 4.99 Å². The van der Waals surface area contributed by atoms with Crippen molar-refractivity contribution in [2.24, 2.45) is 10.9 Å². The maximum absolute atomic E-state index is 12.0. The molecule has 176 valence electrons. The third kappa shape index (κ3) is 11.7. The molecule has 0 radical (unpaired) electrons. The van der Waals surface area contributed by atoms with Crippen molar-refractivity contribution in [3.05, 3.63) is 0 Å². The lowest BCUT2D eigenvalue weighted by Gasteiger charge is -2.33. The number of likely N-dealkylation sites (N-methyl/N-ethyl adjacent to an activating group) is 1. The summed E-state index contributed by atoms with van der Waals surface area (Å²) < 4.78 is 5.68. The summed E-state index contributed by atoms with van der Waals surface area (Å²) in [6, 6.07) is 0.392. The van der Waals surface area contributed by atoms with Gasteiger partial charge >= 0.3 is 0 Å². The molecule has 1 aliphatic heterocycles. The first-order valence-electron chi connectivity index (χ1n) is 11.9. The third-order valence-electron chi connectivity index (χ3n) is 5.76. The van der Waals surface area contributed by atoms with E-state index in [-0.39, 0.29) is 12.5 Å². The van der Waals surface area contributed by atoms with E-state index in [4.69, 9.17) is 4.74 Å². The van der Waals surface area contributed by atoms with E-state index in [1.54, 1.807) is 19.0 Å². The van der Waals surface area contributed by atoms with Crippen LogP contribution in [0, 0.1) is 5.92 Å². The highest BCUT2D eigenvalue weighted by Crippen LogP contribution is 2.12. The Morgan fingerprint density at radius 3 is 2.50 bits per heavy atom. The van der Waals surface area contributed by atoms with Gasteiger partial charge in [-0.3, -0.25) is 4.79 Å². The van der Waals surface area contributed by atoms with E-state index >= 15 is 0 Å². The Morgan fingerprint density at radius 2 is 1.93 bits per heavy atom. The molecule has 7 nitrogen and oxygen atoms in total. The van der Waals surface area contributed by atoms with Crippen LogP contribution in [-0.2, 0) is 9.53 Å². The normalized spacial score (nSPS) is 17.2. The number of rotatable bonds is 13. The second kappa shape index (κ2) is 15.5. The van der Waals surface area contributed by atoms with Crippen LogP contribution in [0.25, 0.3) is 0 Å². The van der Waals surface area contributed by atoms with E-state index in [1.807, 2.05) is 0 Å². The number of carbonyl (C=O) groups is 1. The number of unbranched alkanes of at least 4 members (excludes halogenated alkanes) is 1. The van der Waals surface area contributed by atoms with Gasteiger partial charge < -0.3 is 25.2 Å². The number of hydrogen-bond acceptors (Lipinski definition) is 4. The number of amides is 1. The van der Waals surface area contributed by atoms with Crippen molar-refractivity contribution in [2.75, 3.05) is 53.4 Å². The van der Waals surface area contributed by atoms with Crippen LogP contribution in [0.4, 0.5) is 0 Å². The van der Waals surface area contributed by atoms with Crippen LogP contribution in [0.2, 0.25) is 0 Å². The second-order valence-corrected chi connectivity index (χ2v) is 8.93. The first kappa shape index (κ1) is 26.7. The highest BCUT2D eigenvalue weighted by Gasteiger charge is 2.20. The van der Waals surface area contributed by atoms with E-state index in [0.29, 0.717) is 18.1 Å². The summed E-state index contributed by atoms with van der Waals surface area (Å²) in [7, 11) is 3.55. The van der Waals surface area contributed by atoms with Crippen molar-refractivity contribution in [2.45, 2.75) is 78.4 Å². The lowest BCUT2D eigenvalue weighted by molar-refractivity contribution is -0.127. The summed E-state index contributed by atoms with van der Waals surface area (Å²) >= 11 is 0. The molecule has 0 bridgehead atoms. The van der Waals surface area contributed by atoms with E-state index in [1.165, 1.54) is 19.3 Å². The molecular weight excluding hydrogens is 378 g/mol. The van der Waals surface area contributed by atoms with Crippen molar-refractivity contribution in [1.82, 2.24) is 20.4 Å². The number of piperidine rings is 1. The van der Waals surface area contributed by atoms with Gasteiger partial charge in [0.25, 0.3) is 0 Å². The number of ether oxygens (including phenoxy) is 1. The molecule has 0 aromatic heterocycles. The Morgan fingerprint density at radius 1 is 1.23 bits per heavy atom. The van der Waals surface area contributed by atoms with Gasteiger partial charge in [0.2, 0.25) is 5.91 Å². The Hall–Kier alpha value is -1.34. The fourth-order valence-corrected chi connectivity index (χ4v) is 3.54. The first-order valence-corrected chi connectivity index (χ1v) is 11.9. The third-order valence-corrected chi connectivity index (χ3v) is 5.76. The summed E-state index contributed by atoms with van der Waals surface area (Å²) in [6.45, 7) is 13.7. The predicted octanol–water partition coefficient (Wildman–Crippen LogP) is 2.72. The Labute approximate surface area is 185 Å². The molecule has 1 rings (SSSR count). The second-order valence-electron chi connectivity index (χ2n) is 8.93.